The molecule has 0 radical (unpaired) electrons. The fourth-order valence-electron chi connectivity index (χ4n) is 1.97. The molecule has 110 valence electrons. The predicted molar refractivity (Wildman–Crippen MR) is 84.9 cm³/mol. The Morgan fingerprint density at radius 1 is 1.43 bits per heavy atom. The number of aliphatic carboxylic acids is 1. The van der Waals surface area contributed by atoms with Gasteiger partial charge in [0.15, 0.2) is 5.13 Å². The minimum atomic E-state index is -0.974. The molecular weight excluding hydrogens is 288 g/mol. The van der Waals surface area contributed by atoms with E-state index in [0.29, 0.717) is 11.3 Å². The van der Waals surface area contributed by atoms with Gasteiger partial charge >= 0.3 is 5.97 Å². The van der Waals surface area contributed by atoms with Crippen LogP contribution in [-0.4, -0.2) is 30.2 Å². The Hall–Kier alpha value is -2.34. The molecule has 0 aliphatic rings. The van der Waals surface area contributed by atoms with Crippen LogP contribution in [0.2, 0.25) is 0 Å². The third kappa shape index (κ3) is 3.22. The molecule has 21 heavy (non-hydrogen) atoms. The zero-order valence-electron chi connectivity index (χ0n) is 12.0. The number of nitrogens with zero attached hydrogens (tertiary/aromatic N) is 1. The molecule has 0 amide bonds. The van der Waals surface area contributed by atoms with Crippen LogP contribution >= 0.6 is 11.3 Å². The molecule has 0 saturated heterocycles. The van der Waals surface area contributed by atoms with Crippen molar-refractivity contribution in [3.8, 4) is 17.0 Å². The first-order valence-corrected chi connectivity index (χ1v) is 7.12. The number of hydrogen-bond donors (Lipinski definition) is 2. The Morgan fingerprint density at radius 2 is 2.14 bits per heavy atom. The number of methoxy groups -OCH3 is 1. The van der Waals surface area contributed by atoms with Gasteiger partial charge in [0, 0.05) is 18.7 Å². The average Bonchev–Trinajstić information content (AvgIpc) is 2.90. The SMILES string of the molecule is CNc1nc(-c2ccccc2OC)c(/C(C)=C/C(=O)O)s1. The van der Waals surface area contributed by atoms with Gasteiger partial charge in [0.25, 0.3) is 0 Å². The van der Waals surface area contributed by atoms with Crippen LogP contribution in [0, 0.1) is 0 Å². The van der Waals surface area contributed by atoms with Crippen LogP contribution in [0.25, 0.3) is 16.8 Å². The number of aromatic nitrogens is 1. The maximum Gasteiger partial charge on any atom is 0.328 e. The molecule has 1 heterocycles. The van der Waals surface area contributed by atoms with E-state index < -0.39 is 5.97 Å². The maximum absolute atomic E-state index is 10.9. The lowest BCUT2D eigenvalue weighted by Gasteiger charge is -2.07. The number of benzene rings is 1. The third-order valence-electron chi connectivity index (χ3n) is 2.90. The summed E-state index contributed by atoms with van der Waals surface area (Å²) in [4.78, 5) is 16.2. The van der Waals surface area contributed by atoms with Crippen molar-refractivity contribution in [3.63, 3.8) is 0 Å². The highest BCUT2D eigenvalue weighted by Gasteiger charge is 2.17. The standard InChI is InChI=1S/C15H16N2O3S/c1-9(8-12(18)19)14-13(17-15(16-2)21-14)10-6-4-5-7-11(10)20-3/h4-8H,1-3H3,(H,16,17)(H,18,19)/b9-8+. The molecule has 0 spiro atoms. The van der Waals surface area contributed by atoms with E-state index in [1.807, 2.05) is 24.3 Å². The van der Waals surface area contributed by atoms with Crippen LogP contribution in [0.4, 0.5) is 5.13 Å². The van der Waals surface area contributed by atoms with E-state index in [9.17, 15) is 4.79 Å². The molecule has 2 aromatic rings. The van der Waals surface area contributed by atoms with Crippen LogP contribution in [0.1, 0.15) is 11.8 Å². The van der Waals surface area contributed by atoms with E-state index in [1.165, 1.54) is 17.4 Å². The predicted octanol–water partition coefficient (Wildman–Crippen LogP) is 3.35. The molecule has 0 bridgehead atoms. The van der Waals surface area contributed by atoms with Crippen molar-refractivity contribution < 1.29 is 14.6 Å². The van der Waals surface area contributed by atoms with Crippen molar-refractivity contribution in [2.75, 3.05) is 19.5 Å². The van der Waals surface area contributed by atoms with Crippen molar-refractivity contribution >= 4 is 28.0 Å². The molecule has 0 fully saturated rings. The molecule has 0 saturated carbocycles. The van der Waals surface area contributed by atoms with Gasteiger partial charge in [-0.15, -0.1) is 0 Å². The Bertz CT molecular complexity index is 692. The largest absolute Gasteiger partial charge is 0.496 e. The number of hydrogen-bond acceptors (Lipinski definition) is 5. The molecule has 6 heteroatoms. The minimum Gasteiger partial charge on any atom is -0.496 e. The van der Waals surface area contributed by atoms with E-state index in [4.69, 9.17) is 9.84 Å². The van der Waals surface area contributed by atoms with Crippen molar-refractivity contribution in [2.45, 2.75) is 6.92 Å². The molecule has 0 atom stereocenters. The second kappa shape index (κ2) is 6.41. The number of carboxylic acids is 1. The first-order chi connectivity index (χ1) is 10.1. The van der Waals surface area contributed by atoms with Gasteiger partial charge in [0.1, 0.15) is 5.75 Å². The lowest BCUT2D eigenvalue weighted by atomic mass is 10.1. The summed E-state index contributed by atoms with van der Waals surface area (Å²) in [6.45, 7) is 1.76. The fourth-order valence-corrected chi connectivity index (χ4v) is 2.87. The summed E-state index contributed by atoms with van der Waals surface area (Å²) in [5.41, 5.74) is 2.21. The number of carbonyl (C=O) groups is 1. The van der Waals surface area contributed by atoms with Crippen molar-refractivity contribution in [1.29, 1.82) is 0 Å². The maximum atomic E-state index is 10.9. The van der Waals surface area contributed by atoms with Crippen molar-refractivity contribution in [2.24, 2.45) is 0 Å². The van der Waals surface area contributed by atoms with E-state index in [0.717, 1.165) is 21.3 Å². The summed E-state index contributed by atoms with van der Waals surface area (Å²) in [5, 5.41) is 12.7. The molecule has 2 N–H and O–H groups in total. The molecule has 0 aliphatic heterocycles. The molecular formula is C15H16N2O3S. The summed E-state index contributed by atoms with van der Waals surface area (Å²) in [5.74, 6) is -0.271. The van der Waals surface area contributed by atoms with Crippen LogP contribution in [-0.2, 0) is 4.79 Å². The quantitative estimate of drug-likeness (QED) is 0.829. The van der Waals surface area contributed by atoms with E-state index in [-0.39, 0.29) is 0 Å². The average molecular weight is 304 g/mol. The van der Waals surface area contributed by atoms with Crippen LogP contribution in [0.15, 0.2) is 30.3 Å². The van der Waals surface area contributed by atoms with Gasteiger partial charge in [0.05, 0.1) is 17.7 Å². The molecule has 1 aromatic heterocycles. The van der Waals surface area contributed by atoms with Gasteiger partial charge < -0.3 is 15.2 Å². The second-order valence-electron chi connectivity index (χ2n) is 4.31. The van der Waals surface area contributed by atoms with E-state index >= 15 is 0 Å². The Balaban J connectivity index is 2.63. The number of rotatable bonds is 5. The molecule has 1 aromatic carbocycles. The topological polar surface area (TPSA) is 71.5 Å². The van der Waals surface area contributed by atoms with Crippen LogP contribution in [0.3, 0.4) is 0 Å². The monoisotopic (exact) mass is 304 g/mol. The number of carboxylic acid groups (broad SMARTS) is 1. The van der Waals surface area contributed by atoms with E-state index in [2.05, 4.69) is 10.3 Å². The third-order valence-corrected chi connectivity index (χ3v) is 4.11. The van der Waals surface area contributed by atoms with Gasteiger partial charge in [-0.05, 0) is 24.6 Å². The lowest BCUT2D eigenvalue weighted by Crippen LogP contribution is -1.92. The number of thiazole rings is 1. The number of anilines is 1. The highest BCUT2D eigenvalue weighted by molar-refractivity contribution is 7.17. The lowest BCUT2D eigenvalue weighted by molar-refractivity contribution is -0.131. The second-order valence-corrected chi connectivity index (χ2v) is 5.31. The summed E-state index contributed by atoms with van der Waals surface area (Å²) in [6, 6.07) is 7.54. The summed E-state index contributed by atoms with van der Waals surface area (Å²) in [6.07, 6.45) is 1.19. The van der Waals surface area contributed by atoms with Crippen LogP contribution in [0.5, 0.6) is 5.75 Å². The number of nitrogens with one attached hydrogen (secondary N) is 1. The van der Waals surface area contributed by atoms with Gasteiger partial charge in [-0.1, -0.05) is 23.5 Å². The molecule has 0 aliphatic carbocycles. The van der Waals surface area contributed by atoms with Crippen molar-refractivity contribution in [1.82, 2.24) is 4.98 Å². The van der Waals surface area contributed by atoms with E-state index in [1.54, 1.807) is 21.1 Å². The number of ether oxygens (including phenoxy) is 1. The molecule has 5 nitrogen and oxygen atoms in total. The summed E-state index contributed by atoms with van der Waals surface area (Å²) in [7, 11) is 3.38. The van der Waals surface area contributed by atoms with Gasteiger partial charge in [0.2, 0.25) is 0 Å². The Labute approximate surface area is 126 Å². The summed E-state index contributed by atoms with van der Waals surface area (Å²) < 4.78 is 5.37. The normalized spacial score (nSPS) is 11.3. The first kappa shape index (κ1) is 15.1. The van der Waals surface area contributed by atoms with Crippen LogP contribution < -0.4 is 10.1 Å². The Kier molecular flexibility index (Phi) is 4.59. The first-order valence-electron chi connectivity index (χ1n) is 6.30. The number of allylic oxidation sites excluding steroid dienone is 1. The Morgan fingerprint density at radius 3 is 2.76 bits per heavy atom. The zero-order chi connectivity index (χ0) is 15.4. The number of para-hydroxylation sites is 1. The van der Waals surface area contributed by atoms with Gasteiger partial charge in [-0.3, -0.25) is 0 Å². The van der Waals surface area contributed by atoms with Gasteiger partial charge in [-0.25, -0.2) is 9.78 Å². The highest BCUT2D eigenvalue weighted by Crippen LogP contribution is 2.39. The summed E-state index contributed by atoms with van der Waals surface area (Å²) >= 11 is 1.41. The van der Waals surface area contributed by atoms with Gasteiger partial charge in [-0.2, -0.15) is 0 Å². The molecule has 0 unspecified atom stereocenters. The van der Waals surface area contributed by atoms with Crippen molar-refractivity contribution in [3.05, 3.63) is 35.2 Å². The fraction of sp³-hybridized carbons (Fsp3) is 0.200. The minimum absolute atomic E-state index is 0.655. The zero-order valence-corrected chi connectivity index (χ0v) is 12.8. The smallest absolute Gasteiger partial charge is 0.328 e. The molecule has 2 rings (SSSR count). The highest BCUT2D eigenvalue weighted by atomic mass is 32.1.